The quantitative estimate of drug-likeness (QED) is 0.532. The molecule has 0 spiro atoms. The minimum atomic E-state index is -3.65. The van der Waals surface area contributed by atoms with Gasteiger partial charge in [0.1, 0.15) is 15.8 Å². The van der Waals surface area contributed by atoms with E-state index >= 15 is 0 Å². The summed E-state index contributed by atoms with van der Waals surface area (Å²) >= 11 is 9.06. The number of hydrogen-bond donors (Lipinski definition) is 0. The number of nitrogens with zero attached hydrogens (tertiary/aromatic N) is 4. The van der Waals surface area contributed by atoms with Crippen LogP contribution in [0.25, 0.3) is 10.2 Å². The topological polar surface area (TPSA) is 73.8 Å². The van der Waals surface area contributed by atoms with E-state index in [-0.39, 0.29) is 5.91 Å². The number of rotatable bonds is 4. The second kappa shape index (κ2) is 8.90. The number of anilines is 1. The summed E-state index contributed by atoms with van der Waals surface area (Å²) in [7, 11) is -3.65. The van der Waals surface area contributed by atoms with Crippen LogP contribution in [0, 0.1) is 0 Å². The third-order valence-corrected chi connectivity index (χ3v) is 10.7. The highest BCUT2D eigenvalue weighted by Gasteiger charge is 2.40. The number of para-hydroxylation sites is 1. The molecule has 1 amide bonds. The van der Waals surface area contributed by atoms with Crippen LogP contribution in [0.5, 0.6) is 0 Å². The van der Waals surface area contributed by atoms with Crippen molar-refractivity contribution in [3.63, 3.8) is 0 Å². The number of carbonyl (C=O) groups excluding carboxylic acids is 1. The van der Waals surface area contributed by atoms with Crippen molar-refractivity contribution in [1.29, 1.82) is 0 Å². The highest BCUT2D eigenvalue weighted by molar-refractivity contribution is 7.91. The minimum absolute atomic E-state index is 0.0863. The standard InChI is InChI=1S/C21H23ClN4O3S3/c22-15-5-3-7-17-19(15)23-21(31-17)25-12-10-24(11-13-25)20(27)16-6-1-2-9-26(16)32(28,29)18-8-4-14-30-18/h3-5,7-8,14,16H,1-2,6,9-13H2. The lowest BCUT2D eigenvalue weighted by Crippen LogP contribution is -2.57. The van der Waals surface area contributed by atoms with Crippen molar-refractivity contribution in [2.45, 2.75) is 29.5 Å². The third-order valence-electron chi connectivity index (χ3n) is 6.02. The van der Waals surface area contributed by atoms with Crippen LogP contribution in [0.1, 0.15) is 19.3 Å². The molecule has 2 aliphatic heterocycles. The van der Waals surface area contributed by atoms with E-state index in [9.17, 15) is 13.2 Å². The number of aromatic nitrogens is 1. The zero-order valence-corrected chi connectivity index (χ0v) is 20.5. The van der Waals surface area contributed by atoms with Crippen LogP contribution in [0.15, 0.2) is 39.9 Å². The summed E-state index contributed by atoms with van der Waals surface area (Å²) in [5.74, 6) is -0.0863. The first-order chi connectivity index (χ1) is 15.4. The number of carbonyl (C=O) groups is 1. The van der Waals surface area contributed by atoms with Crippen LogP contribution >= 0.6 is 34.3 Å². The maximum atomic E-state index is 13.4. The Hall–Kier alpha value is -1.72. The Morgan fingerprint density at radius 3 is 2.59 bits per heavy atom. The van der Waals surface area contributed by atoms with Crippen LogP contribution < -0.4 is 4.90 Å². The molecule has 0 N–H and O–H groups in total. The molecule has 1 atom stereocenters. The number of sulfonamides is 1. The van der Waals surface area contributed by atoms with Gasteiger partial charge in [-0.25, -0.2) is 13.4 Å². The third kappa shape index (κ3) is 4.03. The molecule has 11 heteroatoms. The molecule has 7 nitrogen and oxygen atoms in total. The molecule has 5 rings (SSSR count). The Morgan fingerprint density at radius 1 is 1.06 bits per heavy atom. The fraction of sp³-hybridized carbons (Fsp3) is 0.429. The zero-order chi connectivity index (χ0) is 22.3. The average Bonchev–Trinajstić information content (AvgIpc) is 3.50. The molecule has 2 saturated heterocycles. The van der Waals surface area contributed by atoms with E-state index in [1.807, 2.05) is 23.1 Å². The van der Waals surface area contributed by atoms with Gasteiger partial charge in [-0.1, -0.05) is 41.5 Å². The lowest BCUT2D eigenvalue weighted by atomic mass is 10.0. The van der Waals surface area contributed by atoms with E-state index in [0.717, 1.165) is 28.2 Å². The smallest absolute Gasteiger partial charge is 0.253 e. The Morgan fingerprint density at radius 2 is 1.88 bits per heavy atom. The molecule has 0 aliphatic carbocycles. The summed E-state index contributed by atoms with van der Waals surface area (Å²) in [6, 6.07) is 8.48. The normalized spacial score (nSPS) is 20.7. The van der Waals surface area contributed by atoms with Crippen molar-refractivity contribution in [1.82, 2.24) is 14.2 Å². The maximum Gasteiger partial charge on any atom is 0.253 e. The van der Waals surface area contributed by atoms with Crippen LogP contribution in [-0.2, 0) is 14.8 Å². The van der Waals surface area contributed by atoms with Gasteiger partial charge in [0.15, 0.2) is 5.13 Å². The van der Waals surface area contributed by atoms with E-state index in [1.165, 1.54) is 15.6 Å². The van der Waals surface area contributed by atoms with Gasteiger partial charge in [0.05, 0.1) is 9.72 Å². The SMILES string of the molecule is O=C(C1CCCCN1S(=O)(=O)c1cccs1)N1CCN(c2nc3c(Cl)cccc3s2)CC1. The van der Waals surface area contributed by atoms with Crippen molar-refractivity contribution in [2.75, 3.05) is 37.6 Å². The molecule has 0 radical (unpaired) electrons. The highest BCUT2D eigenvalue weighted by Crippen LogP contribution is 2.34. The zero-order valence-electron chi connectivity index (χ0n) is 17.3. The van der Waals surface area contributed by atoms with E-state index in [1.54, 1.807) is 28.8 Å². The number of thiophene rings is 1. The van der Waals surface area contributed by atoms with Gasteiger partial charge in [-0.3, -0.25) is 4.79 Å². The van der Waals surface area contributed by atoms with E-state index in [0.29, 0.717) is 48.4 Å². The van der Waals surface area contributed by atoms with Gasteiger partial charge in [0.25, 0.3) is 10.0 Å². The second-order valence-corrected chi connectivity index (χ2v) is 12.4. The van der Waals surface area contributed by atoms with Gasteiger partial charge in [-0.05, 0) is 36.4 Å². The summed E-state index contributed by atoms with van der Waals surface area (Å²) in [4.78, 5) is 22.1. The van der Waals surface area contributed by atoms with Gasteiger partial charge in [0.2, 0.25) is 5.91 Å². The van der Waals surface area contributed by atoms with Crippen molar-refractivity contribution in [3.05, 3.63) is 40.7 Å². The van der Waals surface area contributed by atoms with E-state index in [2.05, 4.69) is 4.90 Å². The molecular weight excluding hydrogens is 488 g/mol. The van der Waals surface area contributed by atoms with Crippen LogP contribution in [0.2, 0.25) is 5.02 Å². The molecule has 0 saturated carbocycles. The average molecular weight is 511 g/mol. The predicted octanol–water partition coefficient (Wildman–Crippen LogP) is 3.90. The molecule has 3 aromatic rings. The summed E-state index contributed by atoms with van der Waals surface area (Å²) < 4.78 is 29.0. The predicted molar refractivity (Wildman–Crippen MR) is 129 cm³/mol. The Balaban J connectivity index is 1.29. The van der Waals surface area contributed by atoms with Crippen LogP contribution in [0.4, 0.5) is 5.13 Å². The number of piperazine rings is 1. The molecule has 32 heavy (non-hydrogen) atoms. The summed E-state index contributed by atoms with van der Waals surface area (Å²) in [5.41, 5.74) is 0.810. The van der Waals surface area contributed by atoms with E-state index < -0.39 is 16.1 Å². The first kappa shape index (κ1) is 22.1. The second-order valence-electron chi connectivity index (χ2n) is 7.95. The monoisotopic (exact) mass is 510 g/mol. The molecule has 0 bridgehead atoms. The fourth-order valence-electron chi connectivity index (χ4n) is 4.33. The number of fused-ring (bicyclic) bond motifs is 1. The first-order valence-electron chi connectivity index (χ1n) is 10.6. The molecule has 2 aliphatic rings. The summed E-state index contributed by atoms with van der Waals surface area (Å²) in [5, 5.41) is 3.30. The minimum Gasteiger partial charge on any atom is -0.345 e. The van der Waals surface area contributed by atoms with Crippen molar-refractivity contribution < 1.29 is 13.2 Å². The molecule has 1 unspecified atom stereocenters. The van der Waals surface area contributed by atoms with Crippen LogP contribution in [0.3, 0.4) is 0 Å². The van der Waals surface area contributed by atoms with Crippen molar-refractivity contribution in [3.8, 4) is 0 Å². The van der Waals surface area contributed by atoms with Gasteiger partial charge >= 0.3 is 0 Å². The number of benzene rings is 1. The maximum absolute atomic E-state index is 13.4. The van der Waals surface area contributed by atoms with Gasteiger partial charge in [-0.2, -0.15) is 4.31 Å². The number of amides is 1. The molecule has 2 aromatic heterocycles. The Kier molecular flexibility index (Phi) is 6.15. The van der Waals surface area contributed by atoms with Gasteiger partial charge in [-0.15, -0.1) is 11.3 Å². The molecule has 4 heterocycles. The largest absolute Gasteiger partial charge is 0.345 e. The lowest BCUT2D eigenvalue weighted by molar-refractivity contribution is -0.136. The molecule has 170 valence electrons. The van der Waals surface area contributed by atoms with Crippen molar-refractivity contribution in [2.24, 2.45) is 0 Å². The molecule has 2 fully saturated rings. The summed E-state index contributed by atoms with van der Waals surface area (Å²) in [6.45, 7) is 2.81. The van der Waals surface area contributed by atoms with Crippen LogP contribution in [-0.4, -0.2) is 67.3 Å². The van der Waals surface area contributed by atoms with E-state index in [4.69, 9.17) is 16.6 Å². The van der Waals surface area contributed by atoms with Gasteiger partial charge in [0, 0.05) is 32.7 Å². The van der Waals surface area contributed by atoms with Gasteiger partial charge < -0.3 is 9.80 Å². The highest BCUT2D eigenvalue weighted by atomic mass is 35.5. The lowest BCUT2D eigenvalue weighted by Gasteiger charge is -2.40. The number of hydrogen-bond acceptors (Lipinski definition) is 7. The number of piperidine rings is 1. The number of thiazole rings is 1. The molecule has 1 aromatic carbocycles. The first-order valence-corrected chi connectivity index (χ1v) is 14.1. The Labute approximate surface area is 200 Å². The fourth-order valence-corrected chi connectivity index (χ4v) is 8.42. The number of halogens is 1. The van der Waals surface area contributed by atoms with Crippen molar-refractivity contribution >= 4 is 65.6 Å². The summed E-state index contributed by atoms with van der Waals surface area (Å²) in [6.07, 6.45) is 2.21. The Bertz CT molecular complexity index is 1220. The molecular formula is C21H23ClN4O3S3.